The molecule has 1 aromatic heterocycles. The second-order valence-electron chi connectivity index (χ2n) is 8.77. The highest BCUT2D eigenvalue weighted by molar-refractivity contribution is 5.79. The number of carbonyl (C=O) groups excluding carboxylic acids is 1. The number of hydrogen-bond donors (Lipinski definition) is 1. The lowest BCUT2D eigenvalue weighted by Crippen LogP contribution is -2.38. The average Bonchev–Trinajstić information content (AvgIpc) is 3.51. The van der Waals surface area contributed by atoms with E-state index in [4.69, 9.17) is 4.74 Å². The minimum atomic E-state index is -4.42. The molecule has 0 radical (unpaired) electrons. The summed E-state index contributed by atoms with van der Waals surface area (Å²) in [6.07, 6.45) is 0.207. The van der Waals surface area contributed by atoms with Crippen molar-refractivity contribution in [2.24, 2.45) is 0 Å². The number of aromatic nitrogens is 1. The summed E-state index contributed by atoms with van der Waals surface area (Å²) in [6, 6.07) is 9.54. The van der Waals surface area contributed by atoms with Gasteiger partial charge in [0.25, 0.3) is 0 Å². The molecule has 0 saturated carbocycles. The lowest BCUT2D eigenvalue weighted by molar-refractivity contribution is -0.137. The number of anilines is 2. The number of fused-ring (bicyclic) bond motifs is 2. The topological polar surface area (TPSA) is 57.7 Å². The predicted molar refractivity (Wildman–Crippen MR) is 114 cm³/mol. The Bertz CT molecular complexity index is 982. The second-order valence-corrected chi connectivity index (χ2v) is 8.77. The molecule has 9 heteroatoms. The van der Waals surface area contributed by atoms with Crippen LogP contribution in [0.1, 0.15) is 24.0 Å². The number of hydrogen-bond acceptors (Lipinski definition) is 5. The lowest BCUT2D eigenvalue weighted by Gasteiger charge is -2.29. The summed E-state index contributed by atoms with van der Waals surface area (Å²) in [4.78, 5) is 20.4. The normalized spacial score (nSPS) is 24.9. The number of amides is 1. The van der Waals surface area contributed by atoms with Crippen LogP contribution in [-0.4, -0.2) is 55.3 Å². The number of benzene rings is 1. The van der Waals surface area contributed by atoms with Crippen LogP contribution in [0.4, 0.5) is 24.5 Å². The van der Waals surface area contributed by atoms with Gasteiger partial charge in [0.15, 0.2) is 0 Å². The molecule has 3 aliphatic heterocycles. The Labute approximate surface area is 184 Å². The lowest BCUT2D eigenvalue weighted by atomic mass is 10.1. The molecule has 2 bridgehead atoms. The maximum absolute atomic E-state index is 12.9. The summed E-state index contributed by atoms with van der Waals surface area (Å²) in [5, 5.41) is 3.01. The van der Waals surface area contributed by atoms with Gasteiger partial charge in [-0.1, -0.05) is 12.1 Å². The molecule has 0 spiro atoms. The van der Waals surface area contributed by atoms with Gasteiger partial charge >= 0.3 is 6.18 Å². The maximum Gasteiger partial charge on any atom is 0.417 e. The van der Waals surface area contributed by atoms with E-state index in [-0.39, 0.29) is 18.4 Å². The smallest absolute Gasteiger partial charge is 0.374 e. The number of nitrogens with one attached hydrogen (secondary N) is 1. The van der Waals surface area contributed by atoms with Crippen LogP contribution in [0.15, 0.2) is 42.7 Å². The van der Waals surface area contributed by atoms with E-state index in [9.17, 15) is 18.0 Å². The van der Waals surface area contributed by atoms with E-state index in [2.05, 4.69) is 27.3 Å². The van der Waals surface area contributed by atoms with Gasteiger partial charge < -0.3 is 19.9 Å². The van der Waals surface area contributed by atoms with Crippen molar-refractivity contribution in [1.29, 1.82) is 0 Å². The molecule has 1 aromatic carbocycles. The average molecular weight is 446 g/mol. The minimum absolute atomic E-state index is 0.0830. The van der Waals surface area contributed by atoms with Gasteiger partial charge in [-0.15, -0.1) is 0 Å². The molecule has 3 atom stereocenters. The summed E-state index contributed by atoms with van der Waals surface area (Å²) in [5.41, 5.74) is 1.75. The van der Waals surface area contributed by atoms with Crippen LogP contribution < -0.4 is 15.1 Å². The number of alkyl halides is 3. The first kappa shape index (κ1) is 21.1. The van der Waals surface area contributed by atoms with Crippen molar-refractivity contribution in [2.75, 3.05) is 36.0 Å². The van der Waals surface area contributed by atoms with Gasteiger partial charge in [0.1, 0.15) is 0 Å². The zero-order valence-electron chi connectivity index (χ0n) is 17.5. The van der Waals surface area contributed by atoms with Gasteiger partial charge in [-0.3, -0.25) is 9.78 Å². The van der Waals surface area contributed by atoms with E-state index in [0.717, 1.165) is 43.1 Å². The highest BCUT2D eigenvalue weighted by atomic mass is 19.4. The molecule has 5 rings (SSSR count). The summed E-state index contributed by atoms with van der Waals surface area (Å²) < 4.78 is 44.5. The van der Waals surface area contributed by atoms with Crippen molar-refractivity contribution < 1.29 is 22.7 Å². The van der Waals surface area contributed by atoms with Crippen LogP contribution in [-0.2, 0) is 22.1 Å². The van der Waals surface area contributed by atoms with E-state index in [1.54, 1.807) is 0 Å². The van der Waals surface area contributed by atoms with Crippen LogP contribution in [0.25, 0.3) is 0 Å². The summed E-state index contributed by atoms with van der Waals surface area (Å²) >= 11 is 0. The molecule has 4 heterocycles. The first-order valence-corrected chi connectivity index (χ1v) is 10.9. The highest BCUT2D eigenvalue weighted by Gasteiger charge is 2.39. The van der Waals surface area contributed by atoms with Crippen molar-refractivity contribution in [3.8, 4) is 0 Å². The van der Waals surface area contributed by atoms with Gasteiger partial charge in [-0.25, -0.2) is 0 Å². The van der Waals surface area contributed by atoms with Gasteiger partial charge in [0, 0.05) is 37.6 Å². The van der Waals surface area contributed by atoms with Crippen molar-refractivity contribution in [2.45, 2.75) is 43.6 Å². The third kappa shape index (κ3) is 4.39. The molecule has 1 amide bonds. The minimum Gasteiger partial charge on any atom is -0.374 e. The highest BCUT2D eigenvalue weighted by Crippen LogP contribution is 2.33. The zero-order valence-corrected chi connectivity index (χ0v) is 17.5. The zero-order chi connectivity index (χ0) is 22.3. The number of halogens is 3. The van der Waals surface area contributed by atoms with E-state index in [0.29, 0.717) is 37.3 Å². The molecule has 2 aromatic rings. The number of pyridine rings is 1. The Morgan fingerprint density at radius 1 is 1.16 bits per heavy atom. The third-order valence-corrected chi connectivity index (χ3v) is 6.50. The number of ether oxygens (including phenoxy) is 1. The van der Waals surface area contributed by atoms with Crippen molar-refractivity contribution in [3.05, 3.63) is 53.9 Å². The van der Waals surface area contributed by atoms with E-state index < -0.39 is 11.7 Å². The van der Waals surface area contributed by atoms with Crippen molar-refractivity contribution in [1.82, 2.24) is 10.3 Å². The Morgan fingerprint density at radius 2 is 1.97 bits per heavy atom. The molecule has 0 aliphatic carbocycles. The maximum atomic E-state index is 12.9. The largest absolute Gasteiger partial charge is 0.417 e. The summed E-state index contributed by atoms with van der Waals surface area (Å²) in [6.45, 7) is 2.74. The van der Waals surface area contributed by atoms with Gasteiger partial charge in [-0.05, 0) is 36.6 Å². The predicted octanol–water partition coefficient (Wildman–Crippen LogP) is 3.02. The quantitative estimate of drug-likeness (QED) is 0.765. The van der Waals surface area contributed by atoms with E-state index in [1.807, 2.05) is 17.0 Å². The fourth-order valence-electron chi connectivity index (χ4n) is 4.85. The van der Waals surface area contributed by atoms with Crippen LogP contribution in [0.5, 0.6) is 0 Å². The first-order chi connectivity index (χ1) is 15.3. The Hall–Kier alpha value is -2.81. The fourth-order valence-corrected chi connectivity index (χ4v) is 4.85. The summed E-state index contributed by atoms with van der Waals surface area (Å²) in [7, 11) is 0. The molecule has 32 heavy (non-hydrogen) atoms. The Balaban J connectivity index is 1.14. The molecule has 3 aliphatic rings. The molecular weight excluding hydrogens is 421 g/mol. The first-order valence-electron chi connectivity index (χ1n) is 10.9. The molecule has 1 unspecified atom stereocenters. The number of nitrogens with zero attached hydrogens (tertiary/aromatic N) is 3. The van der Waals surface area contributed by atoms with E-state index in [1.165, 1.54) is 6.20 Å². The number of carbonyl (C=O) groups is 1. The third-order valence-electron chi connectivity index (χ3n) is 6.50. The van der Waals surface area contributed by atoms with Gasteiger partial charge in [0.05, 0.1) is 42.6 Å². The van der Waals surface area contributed by atoms with Crippen molar-refractivity contribution >= 4 is 17.3 Å². The second kappa shape index (κ2) is 8.27. The van der Waals surface area contributed by atoms with Gasteiger partial charge in [0.2, 0.25) is 5.91 Å². The standard InChI is InChI=1S/C23H25F3N4O2/c24-23(25,26)16-8-19(11-27-10-16)29-6-5-17(12-29)28-22(31)7-15-1-3-18(4-2-15)30-13-21-9-20(30)14-32-21/h1-4,8,10-11,17,20-21H,5-7,9,12-14H2,(H,28,31)/t17?,20-,21-/m1/s1. The Morgan fingerprint density at radius 3 is 2.66 bits per heavy atom. The molecule has 1 N–H and O–H groups in total. The van der Waals surface area contributed by atoms with Crippen molar-refractivity contribution in [3.63, 3.8) is 0 Å². The van der Waals surface area contributed by atoms with Crippen LogP contribution >= 0.6 is 0 Å². The molecule has 3 saturated heterocycles. The van der Waals surface area contributed by atoms with E-state index >= 15 is 0 Å². The number of rotatable bonds is 5. The van der Waals surface area contributed by atoms with Crippen LogP contribution in [0.3, 0.4) is 0 Å². The molecule has 6 nitrogen and oxygen atoms in total. The molecule has 3 fully saturated rings. The summed E-state index contributed by atoms with van der Waals surface area (Å²) in [5.74, 6) is -0.0830. The van der Waals surface area contributed by atoms with Crippen LogP contribution in [0.2, 0.25) is 0 Å². The SMILES string of the molecule is O=C(Cc1ccc(N2C[C@H]3C[C@@H]2CO3)cc1)NC1CCN(c2cncc(C(F)(F)F)c2)C1. The Kier molecular flexibility index (Phi) is 5.44. The molecule has 170 valence electrons. The fraction of sp³-hybridized carbons (Fsp3) is 0.478. The van der Waals surface area contributed by atoms with Gasteiger partial charge in [-0.2, -0.15) is 13.2 Å². The number of morpholine rings is 1. The monoisotopic (exact) mass is 446 g/mol. The van der Waals surface area contributed by atoms with Crippen LogP contribution in [0, 0.1) is 0 Å². The molecular formula is C23H25F3N4O2.